The van der Waals surface area contributed by atoms with Crippen molar-refractivity contribution >= 4 is 37.9 Å². The molecule has 0 amide bonds. The lowest BCUT2D eigenvalue weighted by molar-refractivity contribution is 0.0808. The number of anilines is 3. The van der Waals surface area contributed by atoms with Gasteiger partial charge in [0.15, 0.2) is 5.82 Å². The minimum atomic E-state index is -3.12. The number of aromatic nitrogens is 5. The zero-order valence-electron chi connectivity index (χ0n) is 23.0. The molecule has 0 bridgehead atoms. The summed E-state index contributed by atoms with van der Waals surface area (Å²) in [6.45, 7) is 4.81. The molecule has 1 fully saturated rings. The van der Waals surface area contributed by atoms with Gasteiger partial charge in [-0.15, -0.1) is 0 Å². The third-order valence-electron chi connectivity index (χ3n) is 7.97. The molecule has 41 heavy (non-hydrogen) atoms. The Bertz CT molecular complexity index is 1730. The smallest absolute Gasteiger partial charge is 0.260 e. The summed E-state index contributed by atoms with van der Waals surface area (Å²) in [6.07, 6.45) is 4.17. The van der Waals surface area contributed by atoms with E-state index in [0.29, 0.717) is 48.1 Å². The van der Waals surface area contributed by atoms with E-state index in [1.165, 1.54) is 10.9 Å². The lowest BCUT2D eigenvalue weighted by atomic mass is 9.92. The van der Waals surface area contributed by atoms with Crippen LogP contribution >= 0.6 is 0 Å². The van der Waals surface area contributed by atoms with Crippen LogP contribution in [0.2, 0.25) is 0 Å². The predicted molar refractivity (Wildman–Crippen MR) is 154 cm³/mol. The van der Waals surface area contributed by atoms with Crippen molar-refractivity contribution in [2.45, 2.75) is 51.2 Å². The monoisotopic (exact) mass is 582 g/mol. The molecule has 3 atom stereocenters. The number of benzene rings is 1. The highest BCUT2D eigenvalue weighted by atomic mass is 32.2. The van der Waals surface area contributed by atoms with Crippen molar-refractivity contribution in [1.82, 2.24) is 24.7 Å². The quantitative estimate of drug-likeness (QED) is 0.313. The minimum Gasteiger partial charge on any atom is -0.355 e. The molecule has 1 saturated heterocycles. The molecule has 13 heteroatoms. The average Bonchev–Trinajstić information content (AvgIpc) is 3.52. The normalized spacial score (nSPS) is 20.6. The number of sulfone groups is 1. The first-order valence-electron chi connectivity index (χ1n) is 13.6. The molecule has 3 aromatic heterocycles. The summed E-state index contributed by atoms with van der Waals surface area (Å²) < 4.78 is 51.7. The number of hydrogen-bond acceptors (Lipinski definition) is 9. The Balaban J connectivity index is 1.29. The van der Waals surface area contributed by atoms with Crippen molar-refractivity contribution in [1.29, 1.82) is 0 Å². The Morgan fingerprint density at radius 3 is 2.63 bits per heavy atom. The molecule has 6 rings (SSSR count). The van der Waals surface area contributed by atoms with E-state index in [2.05, 4.69) is 45.3 Å². The Morgan fingerprint density at radius 2 is 1.93 bits per heavy atom. The van der Waals surface area contributed by atoms with Gasteiger partial charge >= 0.3 is 0 Å². The second-order valence-electron chi connectivity index (χ2n) is 11.2. The van der Waals surface area contributed by atoms with Crippen LogP contribution in [0.4, 0.5) is 26.1 Å². The highest BCUT2D eigenvalue weighted by Gasteiger charge is 2.39. The maximum absolute atomic E-state index is 13.4. The Morgan fingerprint density at radius 1 is 1.12 bits per heavy atom. The van der Waals surface area contributed by atoms with Gasteiger partial charge in [0.05, 0.1) is 29.4 Å². The molecule has 2 aliphatic heterocycles. The van der Waals surface area contributed by atoms with Gasteiger partial charge in [0.1, 0.15) is 27.5 Å². The van der Waals surface area contributed by atoms with Crippen LogP contribution < -0.4 is 16.0 Å². The molecule has 3 N–H and O–H groups in total. The van der Waals surface area contributed by atoms with Crippen LogP contribution in [0.1, 0.15) is 43.5 Å². The molecule has 10 nitrogen and oxygen atoms in total. The third-order valence-corrected chi connectivity index (χ3v) is 9.00. The van der Waals surface area contributed by atoms with Crippen LogP contribution in [-0.4, -0.2) is 64.3 Å². The van der Waals surface area contributed by atoms with Crippen LogP contribution in [0.25, 0.3) is 22.2 Å². The lowest BCUT2D eigenvalue weighted by Gasteiger charge is -2.47. The number of nitrogens with two attached hydrogens (primary N) is 1. The summed E-state index contributed by atoms with van der Waals surface area (Å²) in [5, 5.41) is 9.40. The molecule has 2 aliphatic rings. The zero-order chi connectivity index (χ0) is 29.1. The summed E-state index contributed by atoms with van der Waals surface area (Å²) in [5.74, 6) is 1.70. The van der Waals surface area contributed by atoms with E-state index in [-0.39, 0.29) is 17.6 Å². The molecule has 0 radical (unpaired) electrons. The van der Waals surface area contributed by atoms with Gasteiger partial charge in [0.2, 0.25) is 0 Å². The van der Waals surface area contributed by atoms with E-state index in [4.69, 9.17) is 5.73 Å². The lowest BCUT2D eigenvalue weighted by Crippen LogP contribution is -2.63. The van der Waals surface area contributed by atoms with Crippen molar-refractivity contribution < 1.29 is 17.2 Å². The fraction of sp³-hybridized carbons (Fsp3) is 0.429. The average molecular weight is 583 g/mol. The van der Waals surface area contributed by atoms with Gasteiger partial charge in [-0.2, -0.15) is 5.10 Å². The molecule has 0 spiro atoms. The molecule has 216 valence electrons. The first-order chi connectivity index (χ1) is 19.5. The number of halogens is 2. The van der Waals surface area contributed by atoms with Crippen LogP contribution in [0.15, 0.2) is 42.9 Å². The molecular formula is C28H32F2N8O2S. The van der Waals surface area contributed by atoms with E-state index < -0.39 is 28.5 Å². The number of fused-ring (bicyclic) bond motifs is 2. The number of pyridine rings is 1. The zero-order valence-corrected chi connectivity index (χ0v) is 23.8. The number of hydrogen-bond donors (Lipinski definition) is 2. The van der Waals surface area contributed by atoms with Crippen LogP contribution in [0.5, 0.6) is 0 Å². The molecular weight excluding hydrogens is 550 g/mol. The minimum absolute atomic E-state index is 0.0645. The maximum atomic E-state index is 13.4. The van der Waals surface area contributed by atoms with E-state index in [1.54, 1.807) is 24.7 Å². The summed E-state index contributed by atoms with van der Waals surface area (Å²) in [6, 6.07) is 6.89. The number of alkyl halides is 2. The first kappa shape index (κ1) is 27.5. The van der Waals surface area contributed by atoms with Crippen LogP contribution in [0, 0.1) is 5.92 Å². The number of nitrogens with one attached hydrogen (secondary N) is 1. The van der Waals surface area contributed by atoms with Crippen molar-refractivity contribution in [2.75, 3.05) is 28.8 Å². The molecule has 0 saturated carbocycles. The summed E-state index contributed by atoms with van der Waals surface area (Å²) in [4.78, 5) is 15.7. The largest absolute Gasteiger partial charge is 0.355 e. The van der Waals surface area contributed by atoms with E-state index >= 15 is 0 Å². The van der Waals surface area contributed by atoms with Crippen molar-refractivity contribution in [3.8, 4) is 11.4 Å². The third kappa shape index (κ3) is 5.12. The van der Waals surface area contributed by atoms with Crippen molar-refractivity contribution in [3.63, 3.8) is 0 Å². The second-order valence-corrected chi connectivity index (χ2v) is 13.4. The number of rotatable bonds is 8. The van der Waals surface area contributed by atoms with Gasteiger partial charge in [-0.25, -0.2) is 32.2 Å². The van der Waals surface area contributed by atoms with Gasteiger partial charge in [-0.1, -0.05) is 19.9 Å². The van der Waals surface area contributed by atoms with Crippen LogP contribution in [0.3, 0.4) is 0 Å². The van der Waals surface area contributed by atoms with Gasteiger partial charge < -0.3 is 16.0 Å². The van der Waals surface area contributed by atoms with Gasteiger partial charge in [0, 0.05) is 42.2 Å². The summed E-state index contributed by atoms with van der Waals surface area (Å²) in [5.41, 5.74) is 9.83. The highest BCUT2D eigenvalue weighted by molar-refractivity contribution is 7.90. The summed E-state index contributed by atoms with van der Waals surface area (Å²) in [7, 11) is -3.12. The Hall–Kier alpha value is -3.71. The topological polar surface area (TPSA) is 132 Å². The highest BCUT2D eigenvalue weighted by Crippen LogP contribution is 2.39. The fourth-order valence-electron chi connectivity index (χ4n) is 5.91. The molecule has 4 aromatic rings. The standard InChI is InChI=1S/C28H32F2N8O2S/c1-15(2)17-4-5-21(37-13-16(27(37)31)14-41(3,39)40)19-11-33-25(10-18(17)19)35-24-8-9-32-28(36-24)20-12-34-38-22(20)6-7-23(38)26(29)30/h4-5,8-12,15-16,23,26-27H,6-7,13-14,31H2,1-3H3,(H,32,33,35,36)/t16-,23-,27+/m1/s1. The first-order valence-corrected chi connectivity index (χ1v) is 15.6. The van der Waals surface area contributed by atoms with E-state index in [1.807, 2.05) is 17.0 Å². The SMILES string of the molecule is CC(C)c1ccc(N2C[C@H](CS(C)(=O)=O)[C@H]2N)c2cnc(Nc3ccnc(-c4cnn5c4CC[C@@H]5C(F)F)n3)cc12. The molecule has 0 aliphatic carbocycles. The number of nitrogens with zero attached hydrogens (tertiary/aromatic N) is 6. The van der Waals surface area contributed by atoms with Crippen molar-refractivity contribution in [2.24, 2.45) is 11.7 Å². The van der Waals surface area contributed by atoms with E-state index in [0.717, 1.165) is 22.0 Å². The van der Waals surface area contributed by atoms with Crippen LogP contribution in [-0.2, 0) is 16.3 Å². The molecule has 5 heterocycles. The van der Waals surface area contributed by atoms with Gasteiger partial charge in [-0.3, -0.25) is 4.68 Å². The Kier molecular flexibility index (Phi) is 6.89. The van der Waals surface area contributed by atoms with Gasteiger partial charge in [0.25, 0.3) is 6.43 Å². The van der Waals surface area contributed by atoms with E-state index in [9.17, 15) is 17.2 Å². The molecule has 0 unspecified atom stereocenters. The Labute approximate surface area is 236 Å². The predicted octanol–water partition coefficient (Wildman–Crippen LogP) is 4.27. The van der Waals surface area contributed by atoms with Gasteiger partial charge in [-0.05, 0) is 47.9 Å². The van der Waals surface area contributed by atoms with Crippen molar-refractivity contribution in [3.05, 3.63) is 54.1 Å². The molecule has 1 aromatic carbocycles. The fourth-order valence-corrected chi connectivity index (χ4v) is 6.99. The summed E-state index contributed by atoms with van der Waals surface area (Å²) >= 11 is 0. The second kappa shape index (κ2) is 10.3. The maximum Gasteiger partial charge on any atom is 0.260 e.